The van der Waals surface area contributed by atoms with Crippen molar-refractivity contribution in [3.05, 3.63) is 78.7 Å². The van der Waals surface area contributed by atoms with Crippen LogP contribution in [-0.2, 0) is 0 Å². The van der Waals surface area contributed by atoms with E-state index in [2.05, 4.69) is 9.97 Å². The van der Waals surface area contributed by atoms with Crippen molar-refractivity contribution in [1.29, 1.82) is 0 Å². The van der Waals surface area contributed by atoms with Crippen molar-refractivity contribution in [1.82, 2.24) is 9.97 Å². The summed E-state index contributed by atoms with van der Waals surface area (Å²) < 4.78 is 14.3. The number of fused-ring (bicyclic) bond motifs is 1. The van der Waals surface area contributed by atoms with E-state index in [4.69, 9.17) is 0 Å². The number of hydrogen-bond donors (Lipinski definition) is 1. The predicted octanol–water partition coefficient (Wildman–Crippen LogP) is 5.04. The van der Waals surface area contributed by atoms with Crippen LogP contribution in [0.15, 0.2) is 72.8 Å². The van der Waals surface area contributed by atoms with E-state index < -0.39 is 5.95 Å². The summed E-state index contributed by atoms with van der Waals surface area (Å²) in [5, 5.41) is 2.20. The van der Waals surface area contributed by atoms with E-state index in [1.165, 1.54) is 0 Å². The van der Waals surface area contributed by atoms with Crippen LogP contribution in [0.3, 0.4) is 0 Å². The Kier molecular flexibility index (Phi) is 2.97. The van der Waals surface area contributed by atoms with Crippen LogP contribution in [0.4, 0.5) is 4.39 Å². The lowest BCUT2D eigenvalue weighted by atomic mass is 10.1. The average Bonchev–Trinajstić information content (AvgIpc) is 2.97. The molecule has 0 bridgehead atoms. The zero-order valence-corrected chi connectivity index (χ0v) is 11.8. The van der Waals surface area contributed by atoms with Gasteiger partial charge in [-0.15, -0.1) is 0 Å². The highest BCUT2D eigenvalue weighted by atomic mass is 19.1. The zero-order chi connectivity index (χ0) is 14.9. The van der Waals surface area contributed by atoms with Crippen LogP contribution in [0, 0.1) is 5.95 Å². The number of aromatic amines is 1. The SMILES string of the molecule is Fc1[nH]c(-c2ccccc2)nc1-c1ccc2ccccc2c1. The summed E-state index contributed by atoms with van der Waals surface area (Å²) in [4.78, 5) is 7.16. The Balaban J connectivity index is 1.83. The van der Waals surface area contributed by atoms with Crippen LogP contribution in [0.1, 0.15) is 0 Å². The Morgan fingerprint density at radius 1 is 0.727 bits per heavy atom. The normalized spacial score (nSPS) is 11.0. The Bertz CT molecular complexity index is 942. The summed E-state index contributed by atoms with van der Waals surface area (Å²) in [6, 6.07) is 23.4. The van der Waals surface area contributed by atoms with Gasteiger partial charge in [0.1, 0.15) is 11.5 Å². The Morgan fingerprint density at radius 2 is 1.45 bits per heavy atom. The second-order valence-electron chi connectivity index (χ2n) is 5.18. The second kappa shape index (κ2) is 5.11. The quantitative estimate of drug-likeness (QED) is 0.550. The molecule has 0 aliphatic carbocycles. The van der Waals surface area contributed by atoms with Gasteiger partial charge in [0.05, 0.1) is 0 Å². The molecule has 0 amide bonds. The minimum absolute atomic E-state index is 0.351. The summed E-state index contributed by atoms with van der Waals surface area (Å²) in [6.07, 6.45) is 0. The van der Waals surface area contributed by atoms with Crippen molar-refractivity contribution >= 4 is 10.8 Å². The van der Waals surface area contributed by atoms with Crippen LogP contribution in [-0.4, -0.2) is 9.97 Å². The van der Waals surface area contributed by atoms with Gasteiger partial charge in [0.2, 0.25) is 5.95 Å². The van der Waals surface area contributed by atoms with Gasteiger partial charge in [-0.05, 0) is 16.8 Å². The molecule has 1 N–H and O–H groups in total. The van der Waals surface area contributed by atoms with E-state index in [0.29, 0.717) is 11.5 Å². The number of imidazole rings is 1. The smallest absolute Gasteiger partial charge is 0.219 e. The van der Waals surface area contributed by atoms with Gasteiger partial charge in [0.15, 0.2) is 0 Å². The minimum Gasteiger partial charge on any atom is -0.314 e. The van der Waals surface area contributed by atoms with Crippen molar-refractivity contribution in [2.24, 2.45) is 0 Å². The maximum Gasteiger partial charge on any atom is 0.219 e. The Labute approximate surface area is 127 Å². The van der Waals surface area contributed by atoms with Gasteiger partial charge >= 0.3 is 0 Å². The number of halogens is 1. The van der Waals surface area contributed by atoms with Crippen molar-refractivity contribution in [3.8, 4) is 22.6 Å². The van der Waals surface area contributed by atoms with Gasteiger partial charge in [0.25, 0.3) is 0 Å². The molecule has 0 saturated heterocycles. The largest absolute Gasteiger partial charge is 0.314 e. The molecule has 22 heavy (non-hydrogen) atoms. The molecule has 0 aliphatic heterocycles. The lowest BCUT2D eigenvalue weighted by Gasteiger charge is -2.01. The van der Waals surface area contributed by atoms with Crippen LogP contribution < -0.4 is 0 Å². The van der Waals surface area contributed by atoms with Crippen molar-refractivity contribution < 1.29 is 4.39 Å². The lowest BCUT2D eigenvalue weighted by molar-refractivity contribution is 0.595. The third-order valence-corrected chi connectivity index (χ3v) is 3.73. The molecule has 0 radical (unpaired) electrons. The molecule has 4 rings (SSSR count). The first-order valence-electron chi connectivity index (χ1n) is 7.11. The lowest BCUT2D eigenvalue weighted by Crippen LogP contribution is -1.83. The molecule has 0 saturated carbocycles. The molecule has 3 heteroatoms. The highest BCUT2D eigenvalue weighted by Crippen LogP contribution is 2.27. The van der Waals surface area contributed by atoms with E-state index in [1.807, 2.05) is 72.8 Å². The van der Waals surface area contributed by atoms with Gasteiger partial charge in [-0.25, -0.2) is 4.98 Å². The van der Waals surface area contributed by atoms with Crippen LogP contribution in [0.25, 0.3) is 33.4 Å². The number of rotatable bonds is 2. The molecule has 0 spiro atoms. The maximum absolute atomic E-state index is 14.3. The highest BCUT2D eigenvalue weighted by Gasteiger charge is 2.13. The van der Waals surface area contributed by atoms with Crippen LogP contribution in [0.2, 0.25) is 0 Å². The average molecular weight is 288 g/mol. The predicted molar refractivity (Wildman–Crippen MR) is 86.9 cm³/mol. The number of nitrogens with one attached hydrogen (secondary N) is 1. The summed E-state index contributed by atoms with van der Waals surface area (Å²) in [6.45, 7) is 0. The topological polar surface area (TPSA) is 28.7 Å². The fourth-order valence-corrected chi connectivity index (χ4v) is 2.61. The number of benzene rings is 3. The fraction of sp³-hybridized carbons (Fsp3) is 0. The third-order valence-electron chi connectivity index (χ3n) is 3.73. The standard InChI is InChI=1S/C19H13FN2/c20-18-17(21-19(22-18)14-7-2-1-3-8-14)16-11-10-13-6-4-5-9-15(13)12-16/h1-12H,(H,21,22). The highest BCUT2D eigenvalue weighted by molar-refractivity contribution is 5.87. The molecule has 2 nitrogen and oxygen atoms in total. The van der Waals surface area contributed by atoms with Gasteiger partial charge in [0, 0.05) is 11.1 Å². The number of H-pyrrole nitrogens is 1. The first-order valence-corrected chi connectivity index (χ1v) is 7.11. The number of hydrogen-bond acceptors (Lipinski definition) is 1. The van der Waals surface area contributed by atoms with Gasteiger partial charge < -0.3 is 4.98 Å². The van der Waals surface area contributed by atoms with E-state index >= 15 is 0 Å². The van der Waals surface area contributed by atoms with E-state index in [9.17, 15) is 4.39 Å². The van der Waals surface area contributed by atoms with Crippen molar-refractivity contribution in [3.63, 3.8) is 0 Å². The first-order chi connectivity index (χ1) is 10.8. The summed E-state index contributed by atoms with van der Waals surface area (Å²) >= 11 is 0. The van der Waals surface area contributed by atoms with Gasteiger partial charge in [-0.3, -0.25) is 0 Å². The van der Waals surface area contributed by atoms with Gasteiger partial charge in [-0.2, -0.15) is 4.39 Å². The van der Waals surface area contributed by atoms with E-state index in [0.717, 1.165) is 21.9 Å². The minimum atomic E-state index is -0.408. The first kappa shape index (κ1) is 12.8. The fourth-order valence-electron chi connectivity index (χ4n) is 2.61. The van der Waals surface area contributed by atoms with Crippen LogP contribution >= 0.6 is 0 Å². The monoisotopic (exact) mass is 288 g/mol. The van der Waals surface area contributed by atoms with E-state index in [-0.39, 0.29) is 0 Å². The molecule has 0 atom stereocenters. The van der Waals surface area contributed by atoms with Crippen LogP contribution in [0.5, 0.6) is 0 Å². The zero-order valence-electron chi connectivity index (χ0n) is 11.8. The number of aromatic nitrogens is 2. The maximum atomic E-state index is 14.3. The molecule has 3 aromatic carbocycles. The van der Waals surface area contributed by atoms with E-state index in [1.54, 1.807) is 0 Å². The number of nitrogens with zero attached hydrogens (tertiary/aromatic N) is 1. The molecular formula is C19H13FN2. The third kappa shape index (κ3) is 2.17. The van der Waals surface area contributed by atoms with Crippen molar-refractivity contribution in [2.75, 3.05) is 0 Å². The molecular weight excluding hydrogens is 275 g/mol. The second-order valence-corrected chi connectivity index (χ2v) is 5.18. The molecule has 4 aromatic rings. The Hall–Kier alpha value is -2.94. The Morgan fingerprint density at radius 3 is 2.27 bits per heavy atom. The summed E-state index contributed by atoms with van der Waals surface area (Å²) in [7, 11) is 0. The molecule has 0 aliphatic rings. The molecule has 1 aromatic heterocycles. The summed E-state index contributed by atoms with van der Waals surface area (Å²) in [5.41, 5.74) is 1.99. The molecule has 0 fully saturated rings. The molecule has 0 unspecified atom stereocenters. The molecule has 106 valence electrons. The summed E-state index contributed by atoms with van der Waals surface area (Å²) in [5.74, 6) is 0.135. The van der Waals surface area contributed by atoms with Gasteiger partial charge in [-0.1, -0.05) is 66.7 Å². The van der Waals surface area contributed by atoms with Crippen molar-refractivity contribution in [2.45, 2.75) is 0 Å². The molecule has 1 heterocycles.